The van der Waals surface area contributed by atoms with Gasteiger partial charge in [-0.15, -0.1) is 10.9 Å². The highest BCUT2D eigenvalue weighted by molar-refractivity contribution is 8.31. The average Bonchev–Trinajstić information content (AvgIpc) is 3.26. The molecule has 7 nitrogen and oxygen atoms in total. The molecule has 1 aromatic carbocycles. The van der Waals surface area contributed by atoms with Crippen LogP contribution in [0.5, 0.6) is 0 Å². The number of amides is 1. The van der Waals surface area contributed by atoms with Gasteiger partial charge < -0.3 is 5.32 Å². The van der Waals surface area contributed by atoms with Crippen molar-refractivity contribution in [2.75, 3.05) is 0 Å². The first kappa shape index (κ1) is 14.6. The molecule has 0 spiro atoms. The molecule has 1 unspecified atom stereocenters. The van der Waals surface area contributed by atoms with Gasteiger partial charge in [0.05, 0.1) is 23.2 Å². The molecule has 4 rings (SSSR count). The highest BCUT2D eigenvalue weighted by Gasteiger charge is 2.19. The number of thiol groups is 1. The molecule has 8 heteroatoms. The molecule has 2 N–H and O–H groups in total. The number of nitrogens with one attached hydrogen (secondary N) is 2. The molecule has 1 amide bonds. The molecule has 24 heavy (non-hydrogen) atoms. The Balaban J connectivity index is 1.51. The lowest BCUT2D eigenvalue weighted by Gasteiger charge is -2.15. The molecule has 0 bridgehead atoms. The van der Waals surface area contributed by atoms with E-state index in [1.54, 1.807) is 24.1 Å². The van der Waals surface area contributed by atoms with Gasteiger partial charge in [0.15, 0.2) is 5.16 Å². The minimum absolute atomic E-state index is 0.0805. The molecule has 3 heterocycles. The number of nitrogens with zero attached hydrogens (tertiary/aromatic N) is 4. The fourth-order valence-corrected chi connectivity index (χ4v) is 4.01. The number of fused-ring (bicyclic) bond motifs is 1. The maximum atomic E-state index is 12.5. The summed E-state index contributed by atoms with van der Waals surface area (Å²) in [6.07, 6.45) is 6.94. The van der Waals surface area contributed by atoms with Crippen LogP contribution < -0.4 is 5.32 Å². The molecule has 0 saturated heterocycles. The number of aromatic amines is 1. The van der Waals surface area contributed by atoms with E-state index in [0.29, 0.717) is 5.16 Å². The standard InChI is InChI=1S/C16H14N6OS/c23-14(6-11-2-1-3-12-7-17-5-4-13(11)12)21-15-8-18-10-24(15)16-19-9-20-22-16/h1-5,7-10,24H,6H2,(H,21,23)(H,19,20,22). The lowest BCUT2D eigenvalue weighted by atomic mass is 10.0. The number of aromatic nitrogens is 4. The van der Waals surface area contributed by atoms with Gasteiger partial charge in [-0.1, -0.05) is 18.2 Å². The van der Waals surface area contributed by atoms with Gasteiger partial charge in [-0.3, -0.25) is 19.9 Å². The summed E-state index contributed by atoms with van der Waals surface area (Å²) in [4.78, 5) is 24.9. The van der Waals surface area contributed by atoms with Crippen molar-refractivity contribution in [3.8, 4) is 0 Å². The molecule has 1 atom stereocenters. The summed E-state index contributed by atoms with van der Waals surface area (Å²) in [6.45, 7) is 0. The first-order chi connectivity index (χ1) is 11.8. The largest absolute Gasteiger partial charge is 0.320 e. The molecule has 0 aliphatic carbocycles. The number of H-pyrrole nitrogens is 1. The van der Waals surface area contributed by atoms with Crippen molar-refractivity contribution in [1.82, 2.24) is 25.5 Å². The summed E-state index contributed by atoms with van der Waals surface area (Å²) in [5.74, 6) is -0.0805. The monoisotopic (exact) mass is 338 g/mol. The zero-order valence-electron chi connectivity index (χ0n) is 12.5. The summed E-state index contributed by atoms with van der Waals surface area (Å²) in [5, 5.41) is 13.2. The zero-order chi connectivity index (χ0) is 16.4. The molecule has 3 aromatic rings. The first-order valence-electron chi connectivity index (χ1n) is 7.31. The van der Waals surface area contributed by atoms with Gasteiger partial charge in [-0.25, -0.2) is 4.98 Å². The Labute approximate surface area is 140 Å². The van der Waals surface area contributed by atoms with Crippen LogP contribution in [0.4, 0.5) is 0 Å². The Morgan fingerprint density at radius 3 is 3.12 bits per heavy atom. The second-order valence-electron chi connectivity index (χ2n) is 5.20. The fourth-order valence-electron chi connectivity index (χ4n) is 2.58. The Bertz CT molecular complexity index is 945. The summed E-state index contributed by atoms with van der Waals surface area (Å²) in [6, 6.07) is 7.81. The van der Waals surface area contributed by atoms with E-state index in [4.69, 9.17) is 0 Å². The molecular formula is C16H14N6OS. The second-order valence-corrected chi connectivity index (χ2v) is 7.07. The number of aliphatic imine (C=N–C) groups is 1. The topological polar surface area (TPSA) is 95.9 Å². The quantitative estimate of drug-likeness (QED) is 0.633. The average molecular weight is 338 g/mol. The van der Waals surface area contributed by atoms with Crippen molar-refractivity contribution in [1.29, 1.82) is 0 Å². The van der Waals surface area contributed by atoms with Gasteiger partial charge in [0.25, 0.3) is 0 Å². The Morgan fingerprint density at radius 2 is 2.25 bits per heavy atom. The third-order valence-electron chi connectivity index (χ3n) is 3.66. The molecule has 120 valence electrons. The first-order valence-corrected chi connectivity index (χ1v) is 8.72. The van der Waals surface area contributed by atoms with E-state index in [1.165, 1.54) is 6.33 Å². The van der Waals surface area contributed by atoms with E-state index in [0.717, 1.165) is 21.4 Å². The third-order valence-corrected chi connectivity index (χ3v) is 5.44. The van der Waals surface area contributed by atoms with Crippen LogP contribution in [0, 0.1) is 0 Å². The molecule has 0 saturated carbocycles. The number of carbonyl (C=O) groups excluding carboxylic acids is 1. The van der Waals surface area contributed by atoms with Crippen molar-refractivity contribution in [3.63, 3.8) is 0 Å². The predicted octanol–water partition coefficient (Wildman–Crippen LogP) is 1.91. The van der Waals surface area contributed by atoms with Crippen molar-refractivity contribution in [2.45, 2.75) is 11.6 Å². The van der Waals surface area contributed by atoms with Crippen molar-refractivity contribution < 1.29 is 4.79 Å². The lowest BCUT2D eigenvalue weighted by molar-refractivity contribution is -0.119. The zero-order valence-corrected chi connectivity index (χ0v) is 13.4. The van der Waals surface area contributed by atoms with Crippen LogP contribution >= 0.6 is 10.9 Å². The number of rotatable bonds is 4. The Kier molecular flexibility index (Phi) is 3.80. The van der Waals surface area contributed by atoms with Gasteiger partial charge in [0.2, 0.25) is 5.91 Å². The van der Waals surface area contributed by atoms with Crippen LogP contribution in [0.3, 0.4) is 0 Å². The van der Waals surface area contributed by atoms with Crippen molar-refractivity contribution >= 4 is 33.1 Å². The highest BCUT2D eigenvalue weighted by atomic mass is 32.2. The number of hydrogen-bond acceptors (Lipinski definition) is 5. The molecule has 0 radical (unpaired) electrons. The van der Waals surface area contributed by atoms with E-state index in [-0.39, 0.29) is 12.3 Å². The maximum absolute atomic E-state index is 12.5. The van der Waals surface area contributed by atoms with Gasteiger partial charge >= 0.3 is 0 Å². The predicted molar refractivity (Wildman–Crippen MR) is 93.8 cm³/mol. The van der Waals surface area contributed by atoms with Gasteiger partial charge in [-0.2, -0.15) is 5.10 Å². The summed E-state index contributed by atoms with van der Waals surface area (Å²) in [5.41, 5.74) is 2.76. The molecule has 2 aromatic heterocycles. The number of benzene rings is 1. The number of carbonyl (C=O) groups is 1. The van der Waals surface area contributed by atoms with Crippen LogP contribution in [0.25, 0.3) is 10.8 Å². The Morgan fingerprint density at radius 1 is 1.29 bits per heavy atom. The van der Waals surface area contributed by atoms with Crippen LogP contribution in [-0.4, -0.2) is 31.6 Å². The molecule has 1 aliphatic heterocycles. The molecule has 0 fully saturated rings. The van der Waals surface area contributed by atoms with Crippen LogP contribution in [0.15, 0.2) is 64.4 Å². The Hall–Kier alpha value is -3.00. The van der Waals surface area contributed by atoms with E-state index in [1.807, 2.05) is 24.3 Å². The van der Waals surface area contributed by atoms with Gasteiger partial charge in [0, 0.05) is 17.8 Å². The van der Waals surface area contributed by atoms with E-state index < -0.39 is 10.9 Å². The summed E-state index contributed by atoms with van der Waals surface area (Å²) >= 11 is 0. The maximum Gasteiger partial charge on any atom is 0.229 e. The molecular weight excluding hydrogens is 324 g/mol. The number of hydrogen-bond donors (Lipinski definition) is 3. The second kappa shape index (κ2) is 6.25. The fraction of sp³-hybridized carbons (Fsp3) is 0.0625. The summed E-state index contributed by atoms with van der Waals surface area (Å²) < 4.78 is 0. The van der Waals surface area contributed by atoms with Crippen LogP contribution in [0.2, 0.25) is 0 Å². The smallest absolute Gasteiger partial charge is 0.229 e. The summed E-state index contributed by atoms with van der Waals surface area (Å²) in [7, 11) is -0.910. The van der Waals surface area contributed by atoms with Crippen molar-refractivity contribution in [2.24, 2.45) is 4.99 Å². The highest BCUT2D eigenvalue weighted by Crippen LogP contribution is 2.40. The SMILES string of the molecule is O=C(Cc1cccc2cnccc12)NC1=CN=C[SH]1c1ncn[nH]1. The lowest BCUT2D eigenvalue weighted by Crippen LogP contribution is -2.24. The minimum atomic E-state index is -0.910. The van der Waals surface area contributed by atoms with Gasteiger partial charge in [-0.05, 0) is 17.0 Å². The van der Waals surface area contributed by atoms with E-state index in [2.05, 4.69) is 30.5 Å². The van der Waals surface area contributed by atoms with Crippen molar-refractivity contribution in [3.05, 3.63) is 59.8 Å². The van der Waals surface area contributed by atoms with Crippen LogP contribution in [0.1, 0.15) is 5.56 Å². The molecule has 1 aliphatic rings. The van der Waals surface area contributed by atoms with Gasteiger partial charge in [0.1, 0.15) is 6.33 Å². The van der Waals surface area contributed by atoms with E-state index in [9.17, 15) is 4.79 Å². The number of pyridine rings is 1. The minimum Gasteiger partial charge on any atom is -0.320 e. The van der Waals surface area contributed by atoms with E-state index >= 15 is 0 Å². The van der Waals surface area contributed by atoms with Crippen LogP contribution in [-0.2, 0) is 11.2 Å². The normalized spacial score (nSPS) is 17.8. The third kappa shape index (κ3) is 2.79.